The third-order valence-electron chi connectivity index (χ3n) is 7.03. The first-order valence-corrected chi connectivity index (χ1v) is 13.5. The molecule has 0 bridgehead atoms. The van der Waals surface area contributed by atoms with E-state index in [4.69, 9.17) is 21.7 Å². The number of methoxy groups -OCH3 is 2. The molecule has 0 saturated carbocycles. The van der Waals surface area contributed by atoms with Crippen LogP contribution in [0, 0.1) is 4.77 Å². The van der Waals surface area contributed by atoms with Crippen molar-refractivity contribution in [1.29, 1.82) is 0 Å². The highest BCUT2D eigenvalue weighted by Crippen LogP contribution is 2.39. The van der Waals surface area contributed by atoms with Crippen LogP contribution in [0.5, 0.6) is 11.5 Å². The molecular weight excluding hydrogens is 516 g/mol. The molecule has 40 heavy (non-hydrogen) atoms. The highest BCUT2D eigenvalue weighted by molar-refractivity contribution is 7.71. The topological polar surface area (TPSA) is 34.8 Å². The van der Waals surface area contributed by atoms with Crippen LogP contribution in [0.4, 0.5) is 11.4 Å². The summed E-state index contributed by atoms with van der Waals surface area (Å²) < 4.78 is 15.9. The van der Waals surface area contributed by atoms with E-state index >= 15 is 0 Å². The Morgan fingerprint density at radius 3 is 1.10 bits per heavy atom. The van der Waals surface area contributed by atoms with Gasteiger partial charge in [0.2, 0.25) is 0 Å². The second-order valence-electron chi connectivity index (χ2n) is 9.93. The maximum absolute atomic E-state index is 6.29. The first-order valence-electron chi connectivity index (χ1n) is 13.0. The first-order chi connectivity index (χ1) is 19.3. The summed E-state index contributed by atoms with van der Waals surface area (Å²) in [5.41, 5.74) is 8.25. The van der Waals surface area contributed by atoms with Crippen LogP contribution in [-0.4, -0.2) is 51.5 Å². The Hall–Kier alpha value is -4.49. The average molecular weight is 551 g/mol. The molecule has 0 radical (unpaired) electrons. The molecular formula is C33H34N4O2S. The molecule has 1 heterocycles. The third-order valence-corrected chi connectivity index (χ3v) is 7.39. The minimum Gasteiger partial charge on any atom is -0.497 e. The Morgan fingerprint density at radius 1 is 0.500 bits per heavy atom. The Morgan fingerprint density at radius 2 is 0.825 bits per heavy atom. The van der Waals surface area contributed by atoms with E-state index in [1.54, 1.807) is 14.2 Å². The quantitative estimate of drug-likeness (QED) is 0.187. The van der Waals surface area contributed by atoms with Crippen LogP contribution < -0.4 is 19.3 Å². The predicted molar refractivity (Wildman–Crippen MR) is 169 cm³/mol. The molecule has 0 saturated heterocycles. The van der Waals surface area contributed by atoms with Crippen molar-refractivity contribution in [3.05, 3.63) is 102 Å². The fourth-order valence-electron chi connectivity index (χ4n) is 4.81. The zero-order valence-corrected chi connectivity index (χ0v) is 24.6. The molecule has 5 rings (SSSR count). The van der Waals surface area contributed by atoms with Gasteiger partial charge in [0.1, 0.15) is 11.5 Å². The number of hydrogen-bond acceptors (Lipinski definition) is 5. The lowest BCUT2D eigenvalue weighted by Gasteiger charge is -2.15. The third kappa shape index (κ3) is 5.08. The lowest BCUT2D eigenvalue weighted by molar-refractivity contribution is 0.414. The summed E-state index contributed by atoms with van der Waals surface area (Å²) >= 11 is 6.29. The van der Waals surface area contributed by atoms with Crippen molar-refractivity contribution in [3.8, 4) is 45.4 Å². The van der Waals surface area contributed by atoms with Crippen molar-refractivity contribution in [2.24, 2.45) is 0 Å². The fraction of sp³-hybridized carbons (Fsp3) is 0.182. The van der Waals surface area contributed by atoms with Crippen LogP contribution in [0.3, 0.4) is 0 Å². The molecule has 0 aliphatic heterocycles. The summed E-state index contributed by atoms with van der Waals surface area (Å²) in [5, 5.41) is 0. The van der Waals surface area contributed by atoms with Gasteiger partial charge in [-0.15, -0.1) is 0 Å². The van der Waals surface area contributed by atoms with Gasteiger partial charge in [-0.05, 0) is 109 Å². The number of imidazole rings is 1. The van der Waals surface area contributed by atoms with Crippen molar-refractivity contribution in [2.45, 2.75) is 0 Å². The van der Waals surface area contributed by atoms with Gasteiger partial charge in [0.15, 0.2) is 4.77 Å². The maximum atomic E-state index is 6.29. The van der Waals surface area contributed by atoms with Crippen molar-refractivity contribution in [3.63, 3.8) is 0 Å². The predicted octanol–water partition coefficient (Wildman–Crippen LogP) is 7.48. The number of benzene rings is 4. The van der Waals surface area contributed by atoms with Gasteiger partial charge in [-0.3, -0.25) is 9.13 Å². The van der Waals surface area contributed by atoms with E-state index in [9.17, 15) is 0 Å². The number of anilines is 2. The highest BCUT2D eigenvalue weighted by Gasteiger charge is 2.23. The van der Waals surface area contributed by atoms with Crippen molar-refractivity contribution in [2.75, 3.05) is 52.2 Å². The van der Waals surface area contributed by atoms with Gasteiger partial charge in [-0.2, -0.15) is 0 Å². The van der Waals surface area contributed by atoms with Crippen LogP contribution in [0.25, 0.3) is 33.9 Å². The van der Waals surface area contributed by atoms with Crippen LogP contribution in [0.15, 0.2) is 97.1 Å². The monoisotopic (exact) mass is 550 g/mol. The summed E-state index contributed by atoms with van der Waals surface area (Å²) in [7, 11) is 11.5. The SMILES string of the molecule is COc1ccc(-c2c(-c3ccc(OC)cc3)n(-c3ccc(N(C)C)cc3)c(=S)n2-c2ccc(N(C)C)cc2)cc1. The molecule has 204 valence electrons. The summed E-state index contributed by atoms with van der Waals surface area (Å²) in [5.74, 6) is 1.60. The van der Waals surface area contributed by atoms with Crippen LogP contribution in [0.2, 0.25) is 0 Å². The summed E-state index contributed by atoms with van der Waals surface area (Å²) in [6.45, 7) is 0. The second-order valence-corrected chi connectivity index (χ2v) is 10.3. The van der Waals surface area contributed by atoms with E-state index in [2.05, 4.69) is 91.7 Å². The molecule has 0 unspecified atom stereocenters. The van der Waals surface area contributed by atoms with E-state index < -0.39 is 0 Å². The van der Waals surface area contributed by atoms with E-state index in [1.807, 2.05) is 52.5 Å². The largest absolute Gasteiger partial charge is 0.497 e. The zero-order chi connectivity index (χ0) is 28.4. The average Bonchev–Trinajstić information content (AvgIpc) is 3.29. The molecule has 7 heteroatoms. The van der Waals surface area contributed by atoms with Crippen LogP contribution in [0.1, 0.15) is 0 Å². The van der Waals surface area contributed by atoms with Crippen LogP contribution in [-0.2, 0) is 0 Å². The smallest absolute Gasteiger partial charge is 0.190 e. The van der Waals surface area contributed by atoms with Crippen LogP contribution >= 0.6 is 12.2 Å². The standard InChI is InChI=1S/C33H34N4O2S/c1-34(2)25-11-15-27(16-12-25)36-31(23-7-19-29(38-5)20-8-23)32(24-9-21-30(39-6)22-10-24)37(33(36)40)28-17-13-26(14-18-28)35(3)4/h7-22H,1-6H3. The van der Waals surface area contributed by atoms with E-state index in [0.717, 1.165) is 56.8 Å². The molecule has 1 aromatic heterocycles. The lowest BCUT2D eigenvalue weighted by atomic mass is 10.0. The zero-order valence-electron chi connectivity index (χ0n) is 23.8. The Kier molecular flexibility index (Phi) is 7.67. The van der Waals surface area contributed by atoms with Gasteiger partial charge < -0.3 is 19.3 Å². The van der Waals surface area contributed by atoms with E-state index in [1.165, 1.54) is 0 Å². The number of aromatic nitrogens is 2. The minimum absolute atomic E-state index is 0.673. The van der Waals surface area contributed by atoms with Gasteiger partial charge in [0, 0.05) is 62.1 Å². The lowest BCUT2D eigenvalue weighted by Crippen LogP contribution is -2.08. The minimum atomic E-state index is 0.673. The van der Waals surface area contributed by atoms with Crippen molar-refractivity contribution < 1.29 is 9.47 Å². The maximum Gasteiger partial charge on any atom is 0.190 e. The molecule has 0 aliphatic carbocycles. The summed E-state index contributed by atoms with van der Waals surface area (Å²) in [4.78, 5) is 4.18. The highest BCUT2D eigenvalue weighted by atomic mass is 32.1. The van der Waals surface area contributed by atoms with E-state index in [0.29, 0.717) is 4.77 Å². The van der Waals surface area contributed by atoms with Gasteiger partial charge in [0.25, 0.3) is 0 Å². The number of rotatable bonds is 8. The first kappa shape index (κ1) is 27.1. The fourth-order valence-corrected chi connectivity index (χ4v) is 5.20. The van der Waals surface area contributed by atoms with Gasteiger partial charge in [-0.25, -0.2) is 0 Å². The molecule has 4 aromatic carbocycles. The summed E-state index contributed by atoms with van der Waals surface area (Å²) in [6.07, 6.45) is 0. The molecule has 0 N–H and O–H groups in total. The number of ether oxygens (including phenoxy) is 2. The Bertz CT molecular complexity index is 1530. The molecule has 5 aromatic rings. The molecule has 6 nitrogen and oxygen atoms in total. The van der Waals surface area contributed by atoms with Gasteiger partial charge in [0.05, 0.1) is 25.6 Å². The van der Waals surface area contributed by atoms with Gasteiger partial charge >= 0.3 is 0 Å². The normalized spacial score (nSPS) is 10.8. The molecule has 0 amide bonds. The van der Waals surface area contributed by atoms with Gasteiger partial charge in [-0.1, -0.05) is 0 Å². The number of hydrogen-bond donors (Lipinski definition) is 0. The summed E-state index contributed by atoms with van der Waals surface area (Å²) in [6, 6.07) is 33.2. The molecule has 0 spiro atoms. The van der Waals surface area contributed by atoms with Crippen molar-refractivity contribution >= 4 is 23.6 Å². The molecule has 0 fully saturated rings. The molecule has 0 atom stereocenters. The Balaban J connectivity index is 1.86. The number of nitrogens with zero attached hydrogens (tertiary/aromatic N) is 4. The second kappa shape index (κ2) is 11.3. The van der Waals surface area contributed by atoms with Crippen molar-refractivity contribution in [1.82, 2.24) is 9.13 Å². The molecule has 0 aliphatic rings. The van der Waals surface area contributed by atoms with E-state index in [-0.39, 0.29) is 0 Å². The Labute approximate surface area is 241 Å².